The predicted molar refractivity (Wildman–Crippen MR) is 119 cm³/mol. The molecule has 2 aromatic carbocycles. The Bertz CT molecular complexity index is 954. The lowest BCUT2D eigenvalue weighted by Gasteiger charge is -2.28. The second kappa shape index (κ2) is 9.65. The fourth-order valence-corrected chi connectivity index (χ4v) is 5.18. The van der Waals surface area contributed by atoms with Crippen molar-refractivity contribution in [2.24, 2.45) is 0 Å². The molecule has 0 bridgehead atoms. The van der Waals surface area contributed by atoms with Gasteiger partial charge in [0.25, 0.3) is 5.91 Å². The van der Waals surface area contributed by atoms with Crippen LogP contribution in [0.15, 0.2) is 47.4 Å². The van der Waals surface area contributed by atoms with Crippen molar-refractivity contribution in [1.82, 2.24) is 10.0 Å². The summed E-state index contributed by atoms with van der Waals surface area (Å²) in [4.78, 5) is 15.1. The molecule has 1 fully saturated rings. The van der Waals surface area contributed by atoms with E-state index in [1.807, 2.05) is 23.9 Å². The molecule has 1 aliphatic heterocycles. The Morgan fingerprint density at radius 2 is 1.79 bits per heavy atom. The van der Waals surface area contributed by atoms with Crippen molar-refractivity contribution < 1.29 is 13.2 Å². The van der Waals surface area contributed by atoms with Gasteiger partial charge in [0.05, 0.1) is 4.90 Å². The number of sulfonamides is 1. The first-order valence-electron chi connectivity index (χ1n) is 9.71. The van der Waals surface area contributed by atoms with E-state index in [0.717, 1.165) is 35.7 Å². The highest BCUT2D eigenvalue weighted by Gasteiger charge is 2.17. The monoisotopic (exact) mass is 433 g/mol. The summed E-state index contributed by atoms with van der Waals surface area (Å²) >= 11 is 1.98. The third kappa shape index (κ3) is 5.52. The highest BCUT2D eigenvalue weighted by molar-refractivity contribution is 7.99. The second-order valence-corrected chi connectivity index (χ2v) is 9.92. The van der Waals surface area contributed by atoms with Crippen LogP contribution in [0, 0.1) is 6.92 Å². The Morgan fingerprint density at radius 1 is 1.10 bits per heavy atom. The van der Waals surface area contributed by atoms with E-state index in [9.17, 15) is 13.2 Å². The van der Waals surface area contributed by atoms with E-state index in [-0.39, 0.29) is 10.8 Å². The van der Waals surface area contributed by atoms with Crippen LogP contribution in [0.25, 0.3) is 0 Å². The van der Waals surface area contributed by atoms with Crippen LogP contribution in [0.2, 0.25) is 0 Å². The minimum Gasteiger partial charge on any atom is -0.370 e. The van der Waals surface area contributed by atoms with Crippen LogP contribution in [-0.2, 0) is 16.6 Å². The molecule has 0 aromatic heterocycles. The zero-order chi connectivity index (χ0) is 20.9. The lowest BCUT2D eigenvalue weighted by Crippen LogP contribution is -2.32. The number of carbonyl (C=O) groups is 1. The number of hydrogen-bond acceptors (Lipinski definition) is 5. The van der Waals surface area contributed by atoms with Gasteiger partial charge in [-0.25, -0.2) is 13.1 Å². The fourth-order valence-electron chi connectivity index (χ4n) is 3.21. The van der Waals surface area contributed by atoms with E-state index in [0.29, 0.717) is 18.7 Å². The molecule has 2 N–H and O–H groups in total. The standard InChI is InChI=1S/C21H27N3O3S2/c1-3-23-29(26,27)19-9-4-16(2)20(14-19)21(25)22-15-17-5-7-18(8-6-17)24-10-12-28-13-11-24/h4-9,14,23H,3,10-13,15H2,1-2H3,(H,22,25). The first-order valence-corrected chi connectivity index (χ1v) is 12.3. The van der Waals surface area contributed by atoms with Gasteiger partial charge in [-0.15, -0.1) is 0 Å². The summed E-state index contributed by atoms with van der Waals surface area (Å²) < 4.78 is 26.9. The summed E-state index contributed by atoms with van der Waals surface area (Å²) in [5.41, 5.74) is 3.31. The maximum atomic E-state index is 12.7. The number of thioether (sulfide) groups is 1. The van der Waals surface area contributed by atoms with Gasteiger partial charge in [0.1, 0.15) is 0 Å². The average Bonchev–Trinajstić information content (AvgIpc) is 2.73. The summed E-state index contributed by atoms with van der Waals surface area (Å²) in [6, 6.07) is 12.8. The largest absolute Gasteiger partial charge is 0.370 e. The van der Waals surface area contributed by atoms with E-state index in [1.165, 1.54) is 17.8 Å². The van der Waals surface area contributed by atoms with Crippen LogP contribution >= 0.6 is 11.8 Å². The van der Waals surface area contributed by atoms with Gasteiger partial charge in [0.15, 0.2) is 0 Å². The Kier molecular flexibility index (Phi) is 7.21. The molecule has 0 atom stereocenters. The Balaban J connectivity index is 1.66. The van der Waals surface area contributed by atoms with Crippen molar-refractivity contribution >= 4 is 33.4 Å². The van der Waals surface area contributed by atoms with Gasteiger partial charge in [-0.2, -0.15) is 11.8 Å². The summed E-state index contributed by atoms with van der Waals surface area (Å²) in [5.74, 6) is 2.02. The number of nitrogens with one attached hydrogen (secondary N) is 2. The number of hydrogen-bond donors (Lipinski definition) is 2. The Labute approximate surface area is 177 Å². The molecule has 1 heterocycles. The molecule has 0 saturated carbocycles. The molecule has 29 heavy (non-hydrogen) atoms. The molecule has 8 heteroatoms. The van der Waals surface area contributed by atoms with Crippen molar-refractivity contribution in [1.29, 1.82) is 0 Å². The molecular formula is C21H27N3O3S2. The molecule has 156 valence electrons. The summed E-state index contributed by atoms with van der Waals surface area (Å²) in [7, 11) is -3.60. The van der Waals surface area contributed by atoms with Gasteiger partial charge in [-0.3, -0.25) is 4.79 Å². The van der Waals surface area contributed by atoms with E-state index >= 15 is 0 Å². The molecule has 1 amide bonds. The molecule has 3 rings (SSSR count). The van der Waals surface area contributed by atoms with Gasteiger partial charge in [0, 0.05) is 48.9 Å². The van der Waals surface area contributed by atoms with Gasteiger partial charge >= 0.3 is 0 Å². The highest BCUT2D eigenvalue weighted by atomic mass is 32.2. The van der Waals surface area contributed by atoms with Crippen LogP contribution in [0.4, 0.5) is 5.69 Å². The Hall–Kier alpha value is -2.03. The third-order valence-corrected chi connectivity index (χ3v) is 7.35. The minimum absolute atomic E-state index is 0.0964. The number of amides is 1. The van der Waals surface area contributed by atoms with E-state index in [1.54, 1.807) is 19.9 Å². The molecule has 0 aliphatic carbocycles. The molecule has 1 saturated heterocycles. The molecule has 0 spiro atoms. The maximum absolute atomic E-state index is 12.7. The van der Waals surface area contributed by atoms with Gasteiger partial charge in [0.2, 0.25) is 10.0 Å². The van der Waals surface area contributed by atoms with Gasteiger partial charge in [-0.05, 0) is 42.3 Å². The predicted octanol–water partition coefficient (Wildman–Crippen LogP) is 2.78. The Morgan fingerprint density at radius 3 is 2.45 bits per heavy atom. The van der Waals surface area contributed by atoms with Crippen molar-refractivity contribution in [3.8, 4) is 0 Å². The topological polar surface area (TPSA) is 78.5 Å². The van der Waals surface area contributed by atoms with E-state index < -0.39 is 10.0 Å². The SMILES string of the molecule is CCNS(=O)(=O)c1ccc(C)c(C(=O)NCc2ccc(N3CCSCC3)cc2)c1. The van der Waals surface area contributed by atoms with Crippen LogP contribution in [0.3, 0.4) is 0 Å². The van der Waals surface area contributed by atoms with Crippen LogP contribution in [0.1, 0.15) is 28.4 Å². The molecule has 6 nitrogen and oxygen atoms in total. The summed E-state index contributed by atoms with van der Waals surface area (Å²) in [6.07, 6.45) is 0. The van der Waals surface area contributed by atoms with Crippen molar-refractivity contribution in [3.05, 3.63) is 59.2 Å². The van der Waals surface area contributed by atoms with Crippen LogP contribution < -0.4 is 14.9 Å². The number of carbonyl (C=O) groups excluding carboxylic acids is 1. The van der Waals surface area contributed by atoms with Gasteiger partial charge < -0.3 is 10.2 Å². The molecule has 2 aromatic rings. The van der Waals surface area contributed by atoms with Crippen molar-refractivity contribution in [3.63, 3.8) is 0 Å². The number of nitrogens with zero attached hydrogens (tertiary/aromatic N) is 1. The number of aryl methyl sites for hydroxylation is 1. The van der Waals surface area contributed by atoms with Crippen molar-refractivity contribution in [2.75, 3.05) is 36.0 Å². The first kappa shape index (κ1) is 21.7. The lowest BCUT2D eigenvalue weighted by atomic mass is 10.1. The second-order valence-electron chi connectivity index (χ2n) is 6.93. The van der Waals surface area contributed by atoms with Gasteiger partial charge in [-0.1, -0.05) is 25.1 Å². The smallest absolute Gasteiger partial charge is 0.251 e. The highest BCUT2D eigenvalue weighted by Crippen LogP contribution is 2.20. The summed E-state index contributed by atoms with van der Waals surface area (Å²) in [5, 5.41) is 2.89. The third-order valence-electron chi connectivity index (χ3n) is 4.86. The van der Waals surface area contributed by atoms with Crippen molar-refractivity contribution in [2.45, 2.75) is 25.3 Å². The zero-order valence-electron chi connectivity index (χ0n) is 16.8. The molecule has 0 radical (unpaired) electrons. The quantitative estimate of drug-likeness (QED) is 0.702. The van der Waals surface area contributed by atoms with E-state index in [2.05, 4.69) is 27.1 Å². The fraction of sp³-hybridized carbons (Fsp3) is 0.381. The minimum atomic E-state index is -3.60. The van der Waals surface area contributed by atoms with E-state index in [4.69, 9.17) is 0 Å². The first-order chi connectivity index (χ1) is 13.9. The number of benzene rings is 2. The van der Waals surface area contributed by atoms with Crippen LogP contribution in [-0.4, -0.2) is 45.5 Å². The normalized spacial score (nSPS) is 14.6. The molecule has 0 unspecified atom stereocenters. The molecular weight excluding hydrogens is 406 g/mol. The zero-order valence-corrected chi connectivity index (χ0v) is 18.4. The average molecular weight is 434 g/mol. The molecule has 1 aliphatic rings. The number of rotatable bonds is 7. The maximum Gasteiger partial charge on any atom is 0.251 e. The lowest BCUT2D eigenvalue weighted by molar-refractivity contribution is 0.0950. The number of anilines is 1. The summed E-state index contributed by atoms with van der Waals surface area (Å²) in [6.45, 7) is 6.32. The van der Waals surface area contributed by atoms with Crippen LogP contribution in [0.5, 0.6) is 0 Å².